The zero-order chi connectivity index (χ0) is 21.8. The Bertz CT molecular complexity index is 1150. The van der Waals surface area contributed by atoms with Gasteiger partial charge in [0.15, 0.2) is 0 Å². The van der Waals surface area contributed by atoms with E-state index < -0.39 is 5.97 Å². The third-order valence-electron chi connectivity index (χ3n) is 5.73. The van der Waals surface area contributed by atoms with E-state index in [1.54, 1.807) is 0 Å². The summed E-state index contributed by atoms with van der Waals surface area (Å²) in [5, 5.41) is 9.42. The van der Waals surface area contributed by atoms with Crippen LogP contribution in [0.3, 0.4) is 0 Å². The molecule has 3 aromatic carbocycles. The van der Waals surface area contributed by atoms with Gasteiger partial charge in [0.2, 0.25) is 0 Å². The second-order valence-electron chi connectivity index (χ2n) is 7.81. The van der Waals surface area contributed by atoms with Crippen molar-refractivity contribution in [2.24, 2.45) is 0 Å². The van der Waals surface area contributed by atoms with Crippen LogP contribution in [0.25, 0.3) is 17.2 Å². The first kappa shape index (κ1) is 20.7. The normalized spacial score (nSPS) is 14.1. The maximum Gasteiger partial charge on any atom is 0.307 e. The van der Waals surface area contributed by atoms with Gasteiger partial charge in [-0.05, 0) is 76.1 Å². The Kier molecular flexibility index (Phi) is 6.03. The van der Waals surface area contributed by atoms with Crippen LogP contribution >= 0.6 is 0 Å². The standard InChI is InChI=1S/C28H26O3/c1-3-20-13-14-24-25(19(2)26(17-28(29)30)27(24)15-20)16-21-9-11-22(12-10-21)18-31-23-7-5-4-6-8-23/h4-16H,3,17-18H2,1-2H3,(H,29,30)/b25-16-. The first-order valence-electron chi connectivity index (χ1n) is 10.6. The van der Waals surface area contributed by atoms with Crippen LogP contribution in [0.5, 0.6) is 5.75 Å². The molecule has 3 heteroatoms. The van der Waals surface area contributed by atoms with Crippen molar-refractivity contribution < 1.29 is 14.6 Å². The quantitative estimate of drug-likeness (QED) is 0.475. The van der Waals surface area contributed by atoms with Gasteiger partial charge >= 0.3 is 5.97 Å². The highest BCUT2D eigenvalue weighted by Crippen LogP contribution is 2.44. The SMILES string of the molecule is CCc1ccc2c(c1)C(CC(=O)O)=C(C)/C2=C/c1ccc(COc2ccccc2)cc1. The fraction of sp³-hybridized carbons (Fsp3) is 0.179. The molecule has 0 radical (unpaired) electrons. The van der Waals surface area contributed by atoms with Crippen LogP contribution in [0.2, 0.25) is 0 Å². The van der Waals surface area contributed by atoms with Gasteiger partial charge in [0.25, 0.3) is 0 Å². The summed E-state index contributed by atoms with van der Waals surface area (Å²) >= 11 is 0. The average molecular weight is 411 g/mol. The van der Waals surface area contributed by atoms with E-state index >= 15 is 0 Å². The fourth-order valence-corrected chi connectivity index (χ4v) is 3.99. The van der Waals surface area contributed by atoms with E-state index in [2.05, 4.69) is 55.5 Å². The Morgan fingerprint density at radius 1 is 0.935 bits per heavy atom. The van der Waals surface area contributed by atoms with Crippen LogP contribution in [0.4, 0.5) is 0 Å². The molecule has 0 heterocycles. The molecular weight excluding hydrogens is 384 g/mol. The minimum absolute atomic E-state index is 0.0408. The number of fused-ring (bicyclic) bond motifs is 1. The number of allylic oxidation sites excluding steroid dienone is 2. The van der Waals surface area contributed by atoms with Gasteiger partial charge in [-0.1, -0.05) is 67.6 Å². The van der Waals surface area contributed by atoms with Gasteiger partial charge in [-0.15, -0.1) is 0 Å². The van der Waals surface area contributed by atoms with Crippen molar-refractivity contribution in [3.8, 4) is 5.75 Å². The Balaban J connectivity index is 1.60. The maximum atomic E-state index is 11.5. The summed E-state index contributed by atoms with van der Waals surface area (Å²) in [5.74, 6) is 0.0562. The Morgan fingerprint density at radius 3 is 2.32 bits per heavy atom. The molecule has 4 rings (SSSR count). The number of aliphatic carboxylic acids is 1. The average Bonchev–Trinajstić information content (AvgIpc) is 3.04. The third-order valence-corrected chi connectivity index (χ3v) is 5.73. The first-order chi connectivity index (χ1) is 15.0. The first-order valence-corrected chi connectivity index (χ1v) is 10.6. The summed E-state index contributed by atoms with van der Waals surface area (Å²) in [7, 11) is 0. The summed E-state index contributed by atoms with van der Waals surface area (Å²) in [4.78, 5) is 11.5. The number of carbonyl (C=O) groups is 1. The van der Waals surface area contributed by atoms with Crippen LogP contribution in [0.15, 0.2) is 78.4 Å². The van der Waals surface area contributed by atoms with Crippen LogP contribution in [0, 0.1) is 0 Å². The van der Waals surface area contributed by atoms with Crippen molar-refractivity contribution in [3.63, 3.8) is 0 Å². The largest absolute Gasteiger partial charge is 0.489 e. The second-order valence-corrected chi connectivity index (χ2v) is 7.81. The van der Waals surface area contributed by atoms with E-state index in [9.17, 15) is 9.90 Å². The van der Waals surface area contributed by atoms with Crippen molar-refractivity contribution in [1.29, 1.82) is 0 Å². The van der Waals surface area contributed by atoms with E-state index in [4.69, 9.17) is 4.74 Å². The highest BCUT2D eigenvalue weighted by atomic mass is 16.5. The lowest BCUT2D eigenvalue weighted by Gasteiger charge is -2.08. The van der Waals surface area contributed by atoms with E-state index in [1.807, 2.05) is 37.3 Å². The van der Waals surface area contributed by atoms with Gasteiger partial charge in [-0.2, -0.15) is 0 Å². The molecule has 3 nitrogen and oxygen atoms in total. The number of para-hydroxylation sites is 1. The number of rotatable bonds is 7. The van der Waals surface area contributed by atoms with Crippen LogP contribution < -0.4 is 4.74 Å². The minimum Gasteiger partial charge on any atom is -0.489 e. The molecule has 0 aliphatic heterocycles. The summed E-state index contributed by atoms with van der Waals surface area (Å²) < 4.78 is 5.82. The molecule has 0 saturated heterocycles. The number of ether oxygens (including phenoxy) is 1. The van der Waals surface area contributed by atoms with Gasteiger partial charge in [0, 0.05) is 0 Å². The lowest BCUT2D eigenvalue weighted by Crippen LogP contribution is -1.97. The fourth-order valence-electron chi connectivity index (χ4n) is 3.99. The van der Waals surface area contributed by atoms with Crippen molar-refractivity contribution in [1.82, 2.24) is 0 Å². The smallest absolute Gasteiger partial charge is 0.307 e. The minimum atomic E-state index is -0.800. The van der Waals surface area contributed by atoms with Crippen LogP contribution in [0.1, 0.15) is 48.1 Å². The third kappa shape index (κ3) is 4.61. The number of benzene rings is 3. The Hall–Kier alpha value is -3.59. The predicted octanol–water partition coefficient (Wildman–Crippen LogP) is 6.63. The number of hydrogen-bond donors (Lipinski definition) is 1. The van der Waals surface area contributed by atoms with Gasteiger partial charge in [-0.25, -0.2) is 0 Å². The molecule has 0 spiro atoms. The predicted molar refractivity (Wildman–Crippen MR) is 126 cm³/mol. The lowest BCUT2D eigenvalue weighted by molar-refractivity contribution is -0.135. The zero-order valence-corrected chi connectivity index (χ0v) is 17.9. The molecule has 0 unspecified atom stereocenters. The molecule has 1 aliphatic carbocycles. The van der Waals surface area contributed by atoms with Gasteiger partial charge in [-0.3, -0.25) is 4.79 Å². The molecule has 3 aromatic rings. The van der Waals surface area contributed by atoms with Gasteiger partial charge < -0.3 is 9.84 Å². The van der Waals surface area contributed by atoms with Gasteiger partial charge in [0.05, 0.1) is 6.42 Å². The molecule has 0 atom stereocenters. The van der Waals surface area contributed by atoms with Gasteiger partial charge in [0.1, 0.15) is 12.4 Å². The summed E-state index contributed by atoms with van der Waals surface area (Å²) in [6.07, 6.45) is 3.12. The Labute approximate surface area is 183 Å². The number of aryl methyl sites for hydroxylation is 1. The van der Waals surface area contributed by atoms with E-state index in [0.29, 0.717) is 6.61 Å². The molecule has 1 N–H and O–H groups in total. The van der Waals surface area contributed by atoms with Crippen LogP contribution in [-0.2, 0) is 17.8 Å². The molecule has 0 saturated carbocycles. The molecule has 0 aromatic heterocycles. The van der Waals surface area contributed by atoms with Crippen LogP contribution in [-0.4, -0.2) is 11.1 Å². The molecule has 156 valence electrons. The summed E-state index contributed by atoms with van der Waals surface area (Å²) in [6, 6.07) is 24.5. The Morgan fingerprint density at radius 2 is 1.65 bits per heavy atom. The van der Waals surface area contributed by atoms with Crippen molar-refractivity contribution in [3.05, 3.63) is 106 Å². The number of carboxylic acid groups (broad SMARTS) is 1. The van der Waals surface area contributed by atoms with Crippen molar-refractivity contribution >= 4 is 23.2 Å². The maximum absolute atomic E-state index is 11.5. The van der Waals surface area contributed by atoms with E-state index in [1.165, 1.54) is 5.56 Å². The second kappa shape index (κ2) is 9.05. The summed E-state index contributed by atoms with van der Waals surface area (Å²) in [5.41, 5.74) is 8.63. The van der Waals surface area contributed by atoms with E-state index in [0.717, 1.165) is 51.1 Å². The monoisotopic (exact) mass is 410 g/mol. The number of hydrogen-bond acceptors (Lipinski definition) is 2. The van der Waals surface area contributed by atoms with E-state index in [-0.39, 0.29) is 6.42 Å². The zero-order valence-electron chi connectivity index (χ0n) is 17.9. The molecule has 31 heavy (non-hydrogen) atoms. The topological polar surface area (TPSA) is 46.5 Å². The number of carboxylic acids is 1. The molecular formula is C28H26O3. The lowest BCUT2D eigenvalue weighted by atomic mass is 9.97. The molecule has 1 aliphatic rings. The molecule has 0 fully saturated rings. The highest BCUT2D eigenvalue weighted by molar-refractivity contribution is 6.07. The molecule has 0 amide bonds. The summed E-state index contributed by atoms with van der Waals surface area (Å²) in [6.45, 7) is 4.66. The van der Waals surface area contributed by atoms with Crippen molar-refractivity contribution in [2.75, 3.05) is 0 Å². The van der Waals surface area contributed by atoms with Crippen molar-refractivity contribution in [2.45, 2.75) is 33.3 Å². The highest BCUT2D eigenvalue weighted by Gasteiger charge is 2.25. The molecule has 0 bridgehead atoms.